The highest BCUT2D eigenvalue weighted by Gasteiger charge is 2.16. The second-order valence-electron chi connectivity index (χ2n) is 4.08. The third kappa shape index (κ3) is 3.26. The molecular formula is C13H12ClN3O3. The van der Waals surface area contributed by atoms with Gasteiger partial charge < -0.3 is 14.4 Å². The van der Waals surface area contributed by atoms with Crippen molar-refractivity contribution >= 4 is 11.6 Å². The number of hydrogen-bond acceptors (Lipinski definition) is 6. The zero-order valence-corrected chi connectivity index (χ0v) is 11.5. The Balaban J connectivity index is 2.23. The molecule has 2 rings (SSSR count). The molecule has 0 aliphatic carbocycles. The fraction of sp³-hybridized carbons (Fsp3) is 0.308. The number of methoxy groups -OCH3 is 1. The number of aliphatic hydroxyl groups is 1. The van der Waals surface area contributed by atoms with Crippen molar-refractivity contribution in [3.63, 3.8) is 0 Å². The summed E-state index contributed by atoms with van der Waals surface area (Å²) in [6, 6.07) is 6.94. The molecule has 0 fully saturated rings. The predicted molar refractivity (Wildman–Crippen MR) is 71.2 cm³/mol. The van der Waals surface area contributed by atoms with Gasteiger partial charge in [0.1, 0.15) is 5.75 Å². The van der Waals surface area contributed by atoms with E-state index in [0.717, 1.165) is 0 Å². The van der Waals surface area contributed by atoms with Crippen LogP contribution in [0.2, 0.25) is 5.02 Å². The number of nitriles is 1. The number of rotatable bonds is 5. The quantitative estimate of drug-likeness (QED) is 0.908. The van der Waals surface area contributed by atoms with E-state index in [4.69, 9.17) is 26.1 Å². The molecule has 104 valence electrons. The van der Waals surface area contributed by atoms with Crippen molar-refractivity contribution in [2.45, 2.75) is 18.9 Å². The fourth-order valence-electron chi connectivity index (χ4n) is 1.68. The van der Waals surface area contributed by atoms with Gasteiger partial charge in [-0.15, -0.1) is 0 Å². The van der Waals surface area contributed by atoms with Crippen LogP contribution in [0, 0.1) is 11.3 Å². The molecule has 0 saturated heterocycles. The Morgan fingerprint density at radius 2 is 2.35 bits per heavy atom. The molecule has 0 saturated carbocycles. The highest BCUT2D eigenvalue weighted by atomic mass is 35.5. The van der Waals surface area contributed by atoms with Gasteiger partial charge in [0.05, 0.1) is 37.7 Å². The molecule has 1 atom stereocenters. The predicted octanol–water partition coefficient (Wildman–Crippen LogP) is 2.22. The molecule has 1 unspecified atom stereocenters. The molecule has 1 aromatic heterocycles. The van der Waals surface area contributed by atoms with Gasteiger partial charge in [0.25, 0.3) is 0 Å². The zero-order valence-electron chi connectivity index (χ0n) is 10.7. The number of ether oxygens (including phenoxy) is 1. The molecule has 0 spiro atoms. The average Bonchev–Trinajstić information content (AvgIpc) is 2.87. The molecule has 7 heteroatoms. The van der Waals surface area contributed by atoms with Crippen LogP contribution in [0.25, 0.3) is 11.4 Å². The lowest BCUT2D eigenvalue weighted by Crippen LogP contribution is -2.09. The van der Waals surface area contributed by atoms with E-state index < -0.39 is 6.10 Å². The largest absolute Gasteiger partial charge is 0.496 e. The number of benzene rings is 1. The zero-order chi connectivity index (χ0) is 14.5. The SMILES string of the molecule is COc1cc(Cl)ccc1-c1noc(CC(O)CC#N)n1. The van der Waals surface area contributed by atoms with E-state index in [1.54, 1.807) is 18.2 Å². The van der Waals surface area contributed by atoms with E-state index >= 15 is 0 Å². The smallest absolute Gasteiger partial charge is 0.229 e. The summed E-state index contributed by atoms with van der Waals surface area (Å²) in [5, 5.41) is 22.4. The Hall–Kier alpha value is -2.10. The van der Waals surface area contributed by atoms with E-state index in [1.165, 1.54) is 7.11 Å². The molecule has 2 aromatic rings. The van der Waals surface area contributed by atoms with Crippen LogP contribution in [0.1, 0.15) is 12.3 Å². The van der Waals surface area contributed by atoms with Crippen molar-refractivity contribution in [1.82, 2.24) is 10.1 Å². The van der Waals surface area contributed by atoms with Crippen molar-refractivity contribution in [3.05, 3.63) is 29.1 Å². The highest BCUT2D eigenvalue weighted by Crippen LogP contribution is 2.30. The highest BCUT2D eigenvalue weighted by molar-refractivity contribution is 6.30. The first-order valence-electron chi connectivity index (χ1n) is 5.85. The minimum atomic E-state index is -0.819. The Labute approximate surface area is 120 Å². The maximum Gasteiger partial charge on any atom is 0.229 e. The van der Waals surface area contributed by atoms with Gasteiger partial charge in [-0.3, -0.25) is 0 Å². The lowest BCUT2D eigenvalue weighted by Gasteiger charge is -2.04. The second kappa shape index (κ2) is 6.37. The molecule has 20 heavy (non-hydrogen) atoms. The second-order valence-corrected chi connectivity index (χ2v) is 4.51. The third-order valence-corrected chi connectivity index (χ3v) is 2.84. The summed E-state index contributed by atoms with van der Waals surface area (Å²) in [4.78, 5) is 4.17. The maximum absolute atomic E-state index is 9.53. The van der Waals surface area contributed by atoms with Crippen molar-refractivity contribution in [2.24, 2.45) is 0 Å². The number of nitrogens with zero attached hydrogens (tertiary/aromatic N) is 3. The van der Waals surface area contributed by atoms with Crippen LogP contribution in [0.4, 0.5) is 0 Å². The van der Waals surface area contributed by atoms with Crippen LogP contribution in [0.5, 0.6) is 5.75 Å². The van der Waals surface area contributed by atoms with E-state index in [1.807, 2.05) is 6.07 Å². The fourth-order valence-corrected chi connectivity index (χ4v) is 1.84. The van der Waals surface area contributed by atoms with E-state index in [9.17, 15) is 5.11 Å². The van der Waals surface area contributed by atoms with Crippen LogP contribution in [0.15, 0.2) is 22.7 Å². The van der Waals surface area contributed by atoms with E-state index in [-0.39, 0.29) is 18.7 Å². The van der Waals surface area contributed by atoms with Gasteiger partial charge >= 0.3 is 0 Å². The van der Waals surface area contributed by atoms with Crippen molar-refractivity contribution in [2.75, 3.05) is 7.11 Å². The van der Waals surface area contributed by atoms with Gasteiger partial charge in [0.15, 0.2) is 0 Å². The molecule has 0 radical (unpaired) electrons. The van der Waals surface area contributed by atoms with Gasteiger partial charge in [-0.2, -0.15) is 10.2 Å². The van der Waals surface area contributed by atoms with Gasteiger partial charge in [0.2, 0.25) is 11.7 Å². The molecule has 1 heterocycles. The molecule has 0 bridgehead atoms. The Kier molecular flexibility index (Phi) is 4.56. The summed E-state index contributed by atoms with van der Waals surface area (Å²) in [5.74, 6) is 1.14. The summed E-state index contributed by atoms with van der Waals surface area (Å²) in [5.41, 5.74) is 0.640. The first kappa shape index (κ1) is 14.3. The number of aliphatic hydroxyl groups excluding tert-OH is 1. The average molecular weight is 294 g/mol. The summed E-state index contributed by atoms with van der Waals surface area (Å²) < 4.78 is 10.3. The van der Waals surface area contributed by atoms with Gasteiger partial charge in [0, 0.05) is 5.02 Å². The van der Waals surface area contributed by atoms with Gasteiger partial charge in [-0.05, 0) is 18.2 Å². The molecule has 1 aromatic carbocycles. The Morgan fingerprint density at radius 3 is 3.05 bits per heavy atom. The van der Waals surface area contributed by atoms with Crippen molar-refractivity contribution in [1.29, 1.82) is 5.26 Å². The topological polar surface area (TPSA) is 92.2 Å². The first-order valence-corrected chi connectivity index (χ1v) is 6.23. The number of aromatic nitrogens is 2. The molecule has 0 aliphatic heterocycles. The van der Waals surface area contributed by atoms with Crippen LogP contribution in [-0.2, 0) is 6.42 Å². The third-order valence-electron chi connectivity index (χ3n) is 2.61. The number of halogens is 1. The van der Waals surface area contributed by atoms with Crippen LogP contribution in [-0.4, -0.2) is 28.5 Å². The normalized spacial score (nSPS) is 11.9. The molecule has 6 nitrogen and oxygen atoms in total. The molecule has 0 amide bonds. The summed E-state index contributed by atoms with van der Waals surface area (Å²) in [6.45, 7) is 0. The number of hydrogen-bond donors (Lipinski definition) is 1. The van der Waals surface area contributed by atoms with Crippen molar-refractivity contribution < 1.29 is 14.4 Å². The van der Waals surface area contributed by atoms with Crippen LogP contribution in [0.3, 0.4) is 0 Å². The molecule has 1 N–H and O–H groups in total. The minimum absolute atomic E-state index is 0.0159. The molecular weight excluding hydrogens is 282 g/mol. The first-order chi connectivity index (χ1) is 9.63. The van der Waals surface area contributed by atoms with Gasteiger partial charge in [-0.1, -0.05) is 16.8 Å². The Morgan fingerprint density at radius 1 is 1.55 bits per heavy atom. The van der Waals surface area contributed by atoms with E-state index in [0.29, 0.717) is 22.2 Å². The minimum Gasteiger partial charge on any atom is -0.496 e. The van der Waals surface area contributed by atoms with E-state index in [2.05, 4.69) is 10.1 Å². The Bertz CT molecular complexity index is 636. The lowest BCUT2D eigenvalue weighted by molar-refractivity contribution is 0.167. The van der Waals surface area contributed by atoms with Crippen LogP contribution < -0.4 is 4.74 Å². The van der Waals surface area contributed by atoms with Gasteiger partial charge in [-0.25, -0.2) is 0 Å². The monoisotopic (exact) mass is 293 g/mol. The molecule has 0 aliphatic rings. The summed E-state index contributed by atoms with van der Waals surface area (Å²) in [6.07, 6.45) is -0.668. The van der Waals surface area contributed by atoms with Crippen molar-refractivity contribution in [3.8, 4) is 23.2 Å². The maximum atomic E-state index is 9.53. The summed E-state index contributed by atoms with van der Waals surface area (Å²) >= 11 is 5.88. The lowest BCUT2D eigenvalue weighted by atomic mass is 10.2. The summed E-state index contributed by atoms with van der Waals surface area (Å²) in [7, 11) is 1.52. The standard InChI is InChI=1S/C13H12ClN3O3/c1-19-11-6-8(14)2-3-10(11)13-16-12(20-17-13)7-9(18)4-5-15/h2-3,6,9,18H,4,7H2,1H3. The van der Waals surface area contributed by atoms with Crippen LogP contribution >= 0.6 is 11.6 Å².